The molecule has 1 aromatic carbocycles. The van der Waals surface area contributed by atoms with Crippen molar-refractivity contribution < 1.29 is 14.3 Å². The van der Waals surface area contributed by atoms with Crippen molar-refractivity contribution in [1.29, 1.82) is 0 Å². The van der Waals surface area contributed by atoms with Gasteiger partial charge < -0.3 is 15.2 Å². The summed E-state index contributed by atoms with van der Waals surface area (Å²) < 4.78 is 10.6. The van der Waals surface area contributed by atoms with Crippen molar-refractivity contribution in [3.63, 3.8) is 0 Å². The zero-order valence-corrected chi connectivity index (χ0v) is 9.40. The first-order valence-corrected chi connectivity index (χ1v) is 5.36. The second-order valence-electron chi connectivity index (χ2n) is 4.34. The lowest BCUT2D eigenvalue weighted by Crippen LogP contribution is -2.39. The Hall–Kier alpha value is -2.04. The highest BCUT2D eigenvalue weighted by atomic mass is 16.5. The third-order valence-electron chi connectivity index (χ3n) is 3.27. The van der Waals surface area contributed by atoms with Gasteiger partial charge in [-0.2, -0.15) is 4.99 Å². The first kappa shape index (κ1) is 10.1. The molecule has 88 valence electrons. The molecule has 0 saturated heterocycles. The van der Waals surface area contributed by atoms with Crippen LogP contribution >= 0.6 is 0 Å². The van der Waals surface area contributed by atoms with Gasteiger partial charge in [-0.05, 0) is 23.3 Å². The number of aliphatic imine (C=N–C) groups is 1. The number of amides is 1. The van der Waals surface area contributed by atoms with Gasteiger partial charge in [0.2, 0.25) is 5.60 Å². The fourth-order valence-corrected chi connectivity index (χ4v) is 2.44. The van der Waals surface area contributed by atoms with Crippen LogP contribution in [0.2, 0.25) is 0 Å². The van der Waals surface area contributed by atoms with Gasteiger partial charge in [0.15, 0.2) is 0 Å². The molecule has 5 heteroatoms. The first-order valence-electron chi connectivity index (χ1n) is 5.36. The highest BCUT2D eigenvalue weighted by molar-refractivity contribution is 6.01. The summed E-state index contributed by atoms with van der Waals surface area (Å²) in [5, 5.41) is 0. The lowest BCUT2D eigenvalue weighted by molar-refractivity contribution is -0.130. The average Bonchev–Trinajstić information content (AvgIpc) is 2.78. The van der Waals surface area contributed by atoms with Crippen LogP contribution in [0.25, 0.3) is 0 Å². The van der Waals surface area contributed by atoms with Crippen molar-refractivity contribution in [3.05, 3.63) is 29.3 Å². The van der Waals surface area contributed by atoms with Crippen LogP contribution in [-0.2, 0) is 22.4 Å². The Morgan fingerprint density at radius 3 is 2.82 bits per heavy atom. The number of fused-ring (bicyclic) bond motifs is 1. The number of benzene rings is 1. The van der Waals surface area contributed by atoms with E-state index in [0.29, 0.717) is 12.8 Å². The van der Waals surface area contributed by atoms with Crippen LogP contribution in [0.5, 0.6) is 5.75 Å². The van der Waals surface area contributed by atoms with E-state index in [2.05, 4.69) is 4.99 Å². The number of rotatable bonds is 1. The SMILES string of the molecule is COc1ccc2c(c1)C[C@@]1(C2)OC(N)=NC1=O. The molecule has 1 amide bonds. The topological polar surface area (TPSA) is 73.9 Å². The molecule has 0 fully saturated rings. The molecule has 5 nitrogen and oxygen atoms in total. The summed E-state index contributed by atoms with van der Waals surface area (Å²) in [6, 6.07) is 5.72. The second kappa shape index (κ2) is 3.23. The fraction of sp³-hybridized carbons (Fsp3) is 0.333. The molecular weight excluding hydrogens is 220 g/mol. The normalized spacial score (nSPS) is 25.7. The maximum Gasteiger partial charge on any atom is 0.295 e. The molecule has 17 heavy (non-hydrogen) atoms. The fourth-order valence-electron chi connectivity index (χ4n) is 2.44. The van der Waals surface area contributed by atoms with Gasteiger partial charge in [0, 0.05) is 12.8 Å². The molecule has 1 spiro atoms. The van der Waals surface area contributed by atoms with Gasteiger partial charge in [0.1, 0.15) is 5.75 Å². The maximum atomic E-state index is 11.8. The number of nitrogens with zero attached hydrogens (tertiary/aromatic N) is 1. The summed E-state index contributed by atoms with van der Waals surface area (Å²) in [6.07, 6.45) is 1.03. The van der Waals surface area contributed by atoms with E-state index in [4.69, 9.17) is 15.2 Å². The van der Waals surface area contributed by atoms with Gasteiger partial charge in [-0.15, -0.1) is 0 Å². The molecule has 3 rings (SSSR count). The van der Waals surface area contributed by atoms with Gasteiger partial charge in [0.25, 0.3) is 11.9 Å². The van der Waals surface area contributed by atoms with Crippen molar-refractivity contribution in [2.75, 3.05) is 7.11 Å². The van der Waals surface area contributed by atoms with Crippen molar-refractivity contribution in [1.82, 2.24) is 0 Å². The predicted molar refractivity (Wildman–Crippen MR) is 60.8 cm³/mol. The molecular formula is C12H12N2O3. The van der Waals surface area contributed by atoms with E-state index < -0.39 is 5.60 Å². The van der Waals surface area contributed by atoms with E-state index in [1.165, 1.54) is 0 Å². The molecule has 0 bridgehead atoms. The molecule has 0 saturated carbocycles. The Morgan fingerprint density at radius 1 is 1.41 bits per heavy atom. The molecule has 1 aliphatic carbocycles. The number of ether oxygens (including phenoxy) is 2. The Bertz CT molecular complexity index is 539. The summed E-state index contributed by atoms with van der Waals surface area (Å²) in [5.74, 6) is 0.491. The summed E-state index contributed by atoms with van der Waals surface area (Å²) in [6.45, 7) is 0. The maximum absolute atomic E-state index is 11.8. The van der Waals surface area contributed by atoms with E-state index in [0.717, 1.165) is 16.9 Å². The van der Waals surface area contributed by atoms with Crippen LogP contribution in [0.4, 0.5) is 0 Å². The van der Waals surface area contributed by atoms with E-state index in [-0.39, 0.29) is 11.9 Å². The Kier molecular flexibility index (Phi) is 1.92. The minimum Gasteiger partial charge on any atom is -0.497 e. The number of amidine groups is 1. The zero-order chi connectivity index (χ0) is 12.0. The van der Waals surface area contributed by atoms with Crippen molar-refractivity contribution >= 4 is 11.9 Å². The number of carbonyl (C=O) groups excluding carboxylic acids is 1. The molecule has 0 aromatic heterocycles. The van der Waals surface area contributed by atoms with Crippen LogP contribution in [0, 0.1) is 0 Å². The van der Waals surface area contributed by atoms with Crippen LogP contribution < -0.4 is 10.5 Å². The molecule has 2 N–H and O–H groups in total. The van der Waals surface area contributed by atoms with Gasteiger partial charge in [-0.25, -0.2) is 0 Å². The zero-order valence-electron chi connectivity index (χ0n) is 9.40. The number of methoxy groups -OCH3 is 1. The monoisotopic (exact) mass is 232 g/mol. The Balaban J connectivity index is 1.96. The summed E-state index contributed by atoms with van der Waals surface area (Å²) in [4.78, 5) is 15.5. The standard InChI is InChI=1S/C12H12N2O3/c1-16-9-3-2-7-5-12(6-8(7)4-9)10(15)14-11(13)17-12/h2-4H,5-6H2,1H3,(H2,13,14,15)/t12-/m1/s1. The van der Waals surface area contributed by atoms with Gasteiger partial charge in [-0.3, -0.25) is 4.79 Å². The molecule has 0 radical (unpaired) electrons. The molecule has 2 aliphatic rings. The number of hydrogen-bond donors (Lipinski definition) is 1. The molecule has 1 aliphatic heterocycles. The van der Waals surface area contributed by atoms with Crippen LogP contribution in [-0.4, -0.2) is 24.6 Å². The predicted octanol–water partition coefficient (Wildman–Crippen LogP) is 0.404. The van der Waals surface area contributed by atoms with Crippen molar-refractivity contribution in [2.45, 2.75) is 18.4 Å². The van der Waals surface area contributed by atoms with Gasteiger partial charge in [0.05, 0.1) is 7.11 Å². The van der Waals surface area contributed by atoms with Crippen molar-refractivity contribution in [3.8, 4) is 5.75 Å². The lowest BCUT2D eigenvalue weighted by atomic mass is 10.0. The van der Waals surface area contributed by atoms with Gasteiger partial charge >= 0.3 is 0 Å². The third-order valence-corrected chi connectivity index (χ3v) is 3.27. The van der Waals surface area contributed by atoms with E-state index >= 15 is 0 Å². The average molecular weight is 232 g/mol. The van der Waals surface area contributed by atoms with Crippen LogP contribution in [0.3, 0.4) is 0 Å². The number of nitrogens with two attached hydrogens (primary N) is 1. The molecule has 1 aromatic rings. The van der Waals surface area contributed by atoms with E-state index in [1.807, 2.05) is 18.2 Å². The third kappa shape index (κ3) is 1.39. The minimum absolute atomic E-state index is 0.0326. The van der Waals surface area contributed by atoms with E-state index in [1.54, 1.807) is 7.11 Å². The molecule has 0 unspecified atom stereocenters. The molecule has 1 atom stereocenters. The highest BCUT2D eigenvalue weighted by Gasteiger charge is 2.50. The summed E-state index contributed by atoms with van der Waals surface area (Å²) in [7, 11) is 1.62. The molecule has 1 heterocycles. The smallest absolute Gasteiger partial charge is 0.295 e. The summed E-state index contributed by atoms with van der Waals surface area (Å²) >= 11 is 0. The number of carbonyl (C=O) groups is 1. The first-order chi connectivity index (χ1) is 8.13. The van der Waals surface area contributed by atoms with Crippen molar-refractivity contribution in [2.24, 2.45) is 10.7 Å². The highest BCUT2D eigenvalue weighted by Crippen LogP contribution is 2.37. The Labute approximate surface area is 98.2 Å². The van der Waals surface area contributed by atoms with Crippen LogP contribution in [0.15, 0.2) is 23.2 Å². The van der Waals surface area contributed by atoms with Crippen LogP contribution in [0.1, 0.15) is 11.1 Å². The van der Waals surface area contributed by atoms with E-state index in [9.17, 15) is 4.79 Å². The minimum atomic E-state index is -0.904. The largest absolute Gasteiger partial charge is 0.497 e. The van der Waals surface area contributed by atoms with Gasteiger partial charge in [-0.1, -0.05) is 6.07 Å². The number of hydrogen-bond acceptors (Lipinski definition) is 4. The Morgan fingerprint density at radius 2 is 2.18 bits per heavy atom. The quantitative estimate of drug-likeness (QED) is 0.760. The second-order valence-corrected chi connectivity index (χ2v) is 4.34. The lowest BCUT2D eigenvalue weighted by Gasteiger charge is -2.18. The summed E-state index contributed by atoms with van der Waals surface area (Å²) in [5.41, 5.74) is 6.69.